The van der Waals surface area contributed by atoms with Crippen molar-refractivity contribution in [3.05, 3.63) is 65.5 Å². The second-order valence-corrected chi connectivity index (χ2v) is 5.98. The van der Waals surface area contributed by atoms with Crippen LogP contribution >= 0.6 is 11.8 Å². The maximum atomic E-state index is 9.40. The van der Waals surface area contributed by atoms with Gasteiger partial charge in [-0.2, -0.15) is 5.26 Å². The predicted molar refractivity (Wildman–Crippen MR) is 87.3 cm³/mol. The van der Waals surface area contributed by atoms with Gasteiger partial charge in [0.05, 0.1) is 11.1 Å². The van der Waals surface area contributed by atoms with E-state index in [9.17, 15) is 5.26 Å². The van der Waals surface area contributed by atoms with Crippen molar-refractivity contribution < 1.29 is 0 Å². The summed E-state index contributed by atoms with van der Waals surface area (Å²) in [7, 11) is 0. The molecule has 0 aliphatic heterocycles. The molecule has 3 aromatic rings. The summed E-state index contributed by atoms with van der Waals surface area (Å²) in [6.07, 6.45) is 3.98. The van der Waals surface area contributed by atoms with Gasteiger partial charge >= 0.3 is 0 Å². The van der Waals surface area contributed by atoms with E-state index >= 15 is 0 Å². The van der Waals surface area contributed by atoms with Gasteiger partial charge in [0, 0.05) is 28.7 Å². The van der Waals surface area contributed by atoms with E-state index in [-0.39, 0.29) is 0 Å². The molecule has 0 fully saturated rings. The SMILES string of the molecule is Cc1ccc(N)c(SCc2cn3ccccc3c2C#N)c1. The van der Waals surface area contributed by atoms with Crippen LogP contribution in [0.5, 0.6) is 0 Å². The highest BCUT2D eigenvalue weighted by Crippen LogP contribution is 2.31. The summed E-state index contributed by atoms with van der Waals surface area (Å²) < 4.78 is 1.99. The first kappa shape index (κ1) is 13.6. The molecule has 0 radical (unpaired) electrons. The van der Waals surface area contributed by atoms with Crippen molar-refractivity contribution in [2.45, 2.75) is 17.6 Å². The fourth-order valence-electron chi connectivity index (χ4n) is 2.34. The maximum Gasteiger partial charge on any atom is 0.102 e. The average molecular weight is 293 g/mol. The highest BCUT2D eigenvalue weighted by Gasteiger charge is 2.11. The van der Waals surface area contributed by atoms with Crippen LogP contribution in [0.1, 0.15) is 16.7 Å². The van der Waals surface area contributed by atoms with Gasteiger partial charge in [0.1, 0.15) is 6.07 Å². The van der Waals surface area contributed by atoms with Crippen LogP contribution in [0.2, 0.25) is 0 Å². The van der Waals surface area contributed by atoms with Crippen LogP contribution in [0, 0.1) is 18.3 Å². The number of hydrogen-bond donors (Lipinski definition) is 1. The number of thioether (sulfide) groups is 1. The topological polar surface area (TPSA) is 54.2 Å². The molecular weight excluding hydrogens is 278 g/mol. The Balaban J connectivity index is 1.92. The Morgan fingerprint density at radius 3 is 2.95 bits per heavy atom. The van der Waals surface area contributed by atoms with Gasteiger partial charge in [0.25, 0.3) is 0 Å². The normalized spacial score (nSPS) is 10.7. The van der Waals surface area contributed by atoms with E-state index in [1.165, 1.54) is 5.56 Å². The van der Waals surface area contributed by atoms with Crippen molar-refractivity contribution in [2.24, 2.45) is 0 Å². The summed E-state index contributed by atoms with van der Waals surface area (Å²) in [5.74, 6) is 0.734. The molecule has 4 heteroatoms. The second kappa shape index (κ2) is 5.55. The van der Waals surface area contributed by atoms with Crippen LogP contribution in [0.3, 0.4) is 0 Å². The van der Waals surface area contributed by atoms with E-state index in [0.717, 1.165) is 33.0 Å². The van der Waals surface area contributed by atoms with Gasteiger partial charge in [0.15, 0.2) is 0 Å². The van der Waals surface area contributed by atoms with Crippen LogP contribution in [0.25, 0.3) is 5.52 Å². The zero-order valence-corrected chi connectivity index (χ0v) is 12.5. The van der Waals surface area contributed by atoms with Gasteiger partial charge in [-0.15, -0.1) is 11.8 Å². The number of nitriles is 1. The maximum absolute atomic E-state index is 9.40. The number of nitrogens with zero attached hydrogens (tertiary/aromatic N) is 2. The van der Waals surface area contributed by atoms with Crippen molar-refractivity contribution in [1.82, 2.24) is 4.40 Å². The monoisotopic (exact) mass is 293 g/mol. The minimum Gasteiger partial charge on any atom is -0.398 e. The molecule has 0 spiro atoms. The number of fused-ring (bicyclic) bond motifs is 1. The number of pyridine rings is 1. The number of rotatable bonds is 3. The largest absolute Gasteiger partial charge is 0.398 e. The molecule has 3 rings (SSSR count). The third-order valence-electron chi connectivity index (χ3n) is 3.43. The van der Waals surface area contributed by atoms with Gasteiger partial charge in [-0.05, 0) is 42.3 Å². The Hall–Kier alpha value is -2.38. The lowest BCUT2D eigenvalue weighted by molar-refractivity contribution is 1.18. The summed E-state index contributed by atoms with van der Waals surface area (Å²) in [5, 5.41) is 9.40. The van der Waals surface area contributed by atoms with Crippen molar-refractivity contribution in [3.63, 3.8) is 0 Å². The van der Waals surface area contributed by atoms with E-state index in [2.05, 4.69) is 19.1 Å². The standard InChI is InChI=1S/C17H15N3S/c1-12-5-6-15(19)17(8-12)21-11-13-10-20-7-3-2-4-16(20)14(13)9-18/h2-8,10H,11,19H2,1H3. The molecule has 3 nitrogen and oxygen atoms in total. The van der Waals surface area contributed by atoms with Crippen LogP contribution in [0.4, 0.5) is 5.69 Å². The van der Waals surface area contributed by atoms with Crippen LogP contribution in [0.15, 0.2) is 53.7 Å². The molecular formula is C17H15N3S. The number of benzene rings is 1. The number of aryl methyl sites for hydroxylation is 1. The average Bonchev–Trinajstić information content (AvgIpc) is 2.85. The van der Waals surface area contributed by atoms with Crippen LogP contribution in [-0.2, 0) is 5.75 Å². The molecule has 0 unspecified atom stereocenters. The Morgan fingerprint density at radius 1 is 1.29 bits per heavy atom. The Morgan fingerprint density at radius 2 is 2.14 bits per heavy atom. The van der Waals surface area contributed by atoms with E-state index in [1.54, 1.807) is 11.8 Å². The summed E-state index contributed by atoms with van der Waals surface area (Å²) in [6, 6.07) is 14.2. The zero-order valence-electron chi connectivity index (χ0n) is 11.7. The fraction of sp³-hybridized carbons (Fsp3) is 0.118. The molecule has 2 N–H and O–H groups in total. The van der Waals surface area contributed by atoms with E-state index in [0.29, 0.717) is 0 Å². The lowest BCUT2D eigenvalue weighted by Crippen LogP contribution is -1.90. The van der Waals surface area contributed by atoms with Crippen molar-refractivity contribution in [2.75, 3.05) is 5.73 Å². The molecule has 0 saturated carbocycles. The van der Waals surface area contributed by atoms with Gasteiger partial charge in [0.2, 0.25) is 0 Å². The van der Waals surface area contributed by atoms with Gasteiger partial charge in [-0.1, -0.05) is 12.1 Å². The lowest BCUT2D eigenvalue weighted by atomic mass is 10.2. The first-order chi connectivity index (χ1) is 10.2. The molecule has 2 aromatic heterocycles. The minimum atomic E-state index is 0.734. The first-order valence-electron chi connectivity index (χ1n) is 6.66. The summed E-state index contributed by atoms with van der Waals surface area (Å²) in [5.41, 5.74) is 10.7. The molecule has 0 bridgehead atoms. The number of nitrogens with two attached hydrogens (primary N) is 1. The van der Waals surface area contributed by atoms with E-state index in [4.69, 9.17) is 5.73 Å². The van der Waals surface area contributed by atoms with Gasteiger partial charge in [-0.25, -0.2) is 0 Å². The van der Waals surface area contributed by atoms with Gasteiger partial charge < -0.3 is 10.1 Å². The molecule has 2 heterocycles. The fourth-order valence-corrected chi connectivity index (χ4v) is 3.37. The quantitative estimate of drug-likeness (QED) is 0.586. The molecule has 0 atom stereocenters. The van der Waals surface area contributed by atoms with E-state index in [1.807, 2.05) is 47.1 Å². The molecule has 1 aromatic carbocycles. The van der Waals surface area contributed by atoms with Crippen LogP contribution in [-0.4, -0.2) is 4.40 Å². The Kier molecular flexibility index (Phi) is 3.59. The highest BCUT2D eigenvalue weighted by molar-refractivity contribution is 7.98. The smallest absolute Gasteiger partial charge is 0.102 e. The lowest BCUT2D eigenvalue weighted by Gasteiger charge is -2.06. The molecule has 0 aliphatic rings. The second-order valence-electron chi connectivity index (χ2n) is 4.96. The number of hydrogen-bond acceptors (Lipinski definition) is 3. The van der Waals surface area contributed by atoms with E-state index < -0.39 is 0 Å². The van der Waals surface area contributed by atoms with Crippen molar-refractivity contribution in [1.29, 1.82) is 5.26 Å². The number of anilines is 1. The third kappa shape index (κ3) is 2.61. The summed E-state index contributed by atoms with van der Waals surface area (Å²) in [4.78, 5) is 1.06. The molecule has 104 valence electrons. The van der Waals surface area contributed by atoms with Crippen molar-refractivity contribution >= 4 is 23.0 Å². The third-order valence-corrected chi connectivity index (χ3v) is 4.55. The molecule has 21 heavy (non-hydrogen) atoms. The number of aromatic nitrogens is 1. The Labute approximate surface area is 128 Å². The minimum absolute atomic E-state index is 0.734. The van der Waals surface area contributed by atoms with Crippen molar-refractivity contribution in [3.8, 4) is 6.07 Å². The summed E-state index contributed by atoms with van der Waals surface area (Å²) in [6.45, 7) is 2.05. The Bertz CT molecular complexity index is 843. The zero-order chi connectivity index (χ0) is 14.8. The number of nitrogen functional groups attached to an aromatic ring is 1. The molecule has 0 saturated heterocycles. The van der Waals surface area contributed by atoms with Gasteiger partial charge in [-0.3, -0.25) is 0 Å². The first-order valence-corrected chi connectivity index (χ1v) is 7.65. The summed E-state index contributed by atoms with van der Waals surface area (Å²) >= 11 is 1.67. The van der Waals surface area contributed by atoms with Crippen LogP contribution < -0.4 is 5.73 Å². The highest BCUT2D eigenvalue weighted by atomic mass is 32.2. The molecule has 0 amide bonds. The molecule has 0 aliphatic carbocycles. The predicted octanol–water partition coefficient (Wildman–Crippen LogP) is 3.99.